The quantitative estimate of drug-likeness (QED) is 0.606. The van der Waals surface area contributed by atoms with Crippen LogP contribution >= 0.6 is 0 Å². The van der Waals surface area contributed by atoms with Gasteiger partial charge in [0, 0.05) is 13.2 Å². The summed E-state index contributed by atoms with van der Waals surface area (Å²) in [4.78, 5) is 11.7. The van der Waals surface area contributed by atoms with Gasteiger partial charge >= 0.3 is 0 Å². The average Bonchev–Trinajstić information content (AvgIpc) is 3.06. The highest BCUT2D eigenvalue weighted by molar-refractivity contribution is 5.78. The number of carbonyl (C=O) groups excluding carboxylic acids is 1. The third kappa shape index (κ3) is 4.25. The first-order valence-corrected chi connectivity index (χ1v) is 7.32. The maximum Gasteiger partial charge on any atom is 0.233 e. The largest absolute Gasteiger partial charge is 0.396 e. The first kappa shape index (κ1) is 13.8. The number of nitrogens with one attached hydrogen (secondary N) is 2. The number of rotatable bonds is 8. The minimum atomic E-state index is 0.0971. The molecule has 18 heavy (non-hydrogen) atoms. The molecule has 104 valence electrons. The predicted molar refractivity (Wildman–Crippen MR) is 71.2 cm³/mol. The Bertz CT molecular complexity index is 271. The van der Waals surface area contributed by atoms with Gasteiger partial charge in [-0.25, -0.2) is 0 Å². The van der Waals surface area contributed by atoms with Gasteiger partial charge in [0.05, 0.1) is 6.54 Å². The summed E-state index contributed by atoms with van der Waals surface area (Å²) in [5, 5.41) is 15.4. The van der Waals surface area contributed by atoms with Crippen LogP contribution in [-0.4, -0.2) is 37.3 Å². The van der Waals surface area contributed by atoms with Gasteiger partial charge in [0.25, 0.3) is 0 Å². The molecule has 0 saturated heterocycles. The molecule has 0 radical (unpaired) electrons. The summed E-state index contributed by atoms with van der Waals surface area (Å²) in [7, 11) is 0. The number of aliphatic hydroxyl groups is 1. The zero-order valence-corrected chi connectivity index (χ0v) is 11.2. The van der Waals surface area contributed by atoms with Crippen molar-refractivity contribution in [1.82, 2.24) is 10.6 Å². The Morgan fingerprint density at radius 3 is 2.61 bits per heavy atom. The molecule has 0 atom stereocenters. The maximum atomic E-state index is 11.7. The summed E-state index contributed by atoms with van der Waals surface area (Å²) < 4.78 is 0. The summed E-state index contributed by atoms with van der Waals surface area (Å²) in [5.74, 6) is 0.910. The first-order valence-electron chi connectivity index (χ1n) is 7.32. The van der Waals surface area contributed by atoms with Crippen LogP contribution in [0.15, 0.2) is 0 Å². The van der Waals surface area contributed by atoms with Gasteiger partial charge in [-0.2, -0.15) is 0 Å². The summed E-state index contributed by atoms with van der Waals surface area (Å²) in [6.07, 6.45) is 8.20. The third-order valence-corrected chi connectivity index (χ3v) is 4.38. The topological polar surface area (TPSA) is 61.4 Å². The van der Waals surface area contributed by atoms with E-state index in [0.717, 1.165) is 38.3 Å². The van der Waals surface area contributed by atoms with E-state index in [4.69, 9.17) is 5.11 Å². The van der Waals surface area contributed by atoms with Crippen LogP contribution in [0.25, 0.3) is 0 Å². The van der Waals surface area contributed by atoms with Crippen molar-refractivity contribution in [3.05, 3.63) is 0 Å². The molecule has 3 N–H and O–H groups in total. The number of hydrogen-bond donors (Lipinski definition) is 3. The fourth-order valence-corrected chi connectivity index (χ4v) is 2.94. The molecule has 4 heteroatoms. The summed E-state index contributed by atoms with van der Waals surface area (Å²) >= 11 is 0. The lowest BCUT2D eigenvalue weighted by Crippen LogP contribution is -2.41. The Morgan fingerprint density at radius 1 is 1.28 bits per heavy atom. The van der Waals surface area contributed by atoms with Crippen molar-refractivity contribution >= 4 is 5.91 Å². The number of carbonyl (C=O) groups is 1. The van der Waals surface area contributed by atoms with Crippen LogP contribution in [0.1, 0.15) is 44.9 Å². The van der Waals surface area contributed by atoms with Gasteiger partial charge in [0.1, 0.15) is 0 Å². The monoisotopic (exact) mass is 254 g/mol. The molecule has 2 aliphatic rings. The minimum Gasteiger partial charge on any atom is -0.396 e. The molecule has 0 aromatic carbocycles. The smallest absolute Gasteiger partial charge is 0.233 e. The zero-order valence-electron chi connectivity index (χ0n) is 11.2. The number of aliphatic hydroxyl groups excluding tert-OH is 1. The molecule has 4 nitrogen and oxygen atoms in total. The molecular weight excluding hydrogens is 228 g/mol. The Kier molecular flexibility index (Phi) is 5.01. The van der Waals surface area contributed by atoms with Crippen molar-refractivity contribution in [2.24, 2.45) is 11.3 Å². The lowest BCUT2D eigenvalue weighted by atomic mass is 9.83. The molecule has 0 spiro atoms. The maximum absolute atomic E-state index is 11.7. The van der Waals surface area contributed by atoms with Crippen molar-refractivity contribution in [1.29, 1.82) is 0 Å². The molecule has 2 aliphatic carbocycles. The standard InChI is InChI=1S/C14H26N2O2/c17-8-7-14(5-1-2-6-14)11-16-13(18)10-15-9-12-3-4-12/h12,15,17H,1-11H2,(H,16,18). The number of hydrogen-bond acceptors (Lipinski definition) is 3. The summed E-state index contributed by atoms with van der Waals surface area (Å²) in [5.41, 5.74) is 0.168. The first-order chi connectivity index (χ1) is 8.74. The van der Waals surface area contributed by atoms with Gasteiger partial charge in [0.2, 0.25) is 5.91 Å². The van der Waals surface area contributed by atoms with Gasteiger partial charge in [-0.1, -0.05) is 12.8 Å². The highest BCUT2D eigenvalue weighted by Gasteiger charge is 2.33. The minimum absolute atomic E-state index is 0.0971. The van der Waals surface area contributed by atoms with Crippen molar-refractivity contribution in [2.45, 2.75) is 44.9 Å². The molecule has 2 saturated carbocycles. The summed E-state index contributed by atoms with van der Waals surface area (Å²) in [6.45, 7) is 2.38. The molecule has 0 aromatic heterocycles. The van der Waals surface area contributed by atoms with E-state index in [-0.39, 0.29) is 17.9 Å². The average molecular weight is 254 g/mol. The van der Waals surface area contributed by atoms with E-state index in [9.17, 15) is 4.79 Å². The van der Waals surface area contributed by atoms with E-state index in [1.807, 2.05) is 0 Å². The lowest BCUT2D eigenvalue weighted by molar-refractivity contribution is -0.120. The van der Waals surface area contributed by atoms with Crippen LogP contribution in [0.3, 0.4) is 0 Å². The van der Waals surface area contributed by atoms with Crippen molar-refractivity contribution in [2.75, 3.05) is 26.2 Å². The molecular formula is C14H26N2O2. The van der Waals surface area contributed by atoms with Crippen LogP contribution in [0.4, 0.5) is 0 Å². The normalized spacial score (nSPS) is 22.1. The second-order valence-corrected chi connectivity index (χ2v) is 6.03. The van der Waals surface area contributed by atoms with E-state index in [0.29, 0.717) is 6.54 Å². The Morgan fingerprint density at radius 2 is 2.00 bits per heavy atom. The van der Waals surface area contributed by atoms with Crippen LogP contribution in [-0.2, 0) is 4.79 Å². The third-order valence-electron chi connectivity index (χ3n) is 4.38. The van der Waals surface area contributed by atoms with Gasteiger partial charge < -0.3 is 15.7 Å². The summed E-state index contributed by atoms with van der Waals surface area (Å²) in [6, 6.07) is 0. The van der Waals surface area contributed by atoms with Crippen molar-refractivity contribution in [3.63, 3.8) is 0 Å². The molecule has 1 amide bonds. The van der Waals surface area contributed by atoms with Gasteiger partial charge in [-0.05, 0) is 50.0 Å². The van der Waals surface area contributed by atoms with Gasteiger partial charge in [-0.15, -0.1) is 0 Å². The fraction of sp³-hybridized carbons (Fsp3) is 0.929. The lowest BCUT2D eigenvalue weighted by Gasteiger charge is -2.28. The Labute approximate surface area is 110 Å². The van der Waals surface area contributed by atoms with Gasteiger partial charge in [-0.3, -0.25) is 4.79 Å². The Balaban J connectivity index is 1.63. The van der Waals surface area contributed by atoms with E-state index in [2.05, 4.69) is 10.6 Å². The molecule has 0 aromatic rings. The van der Waals surface area contributed by atoms with Crippen LogP contribution < -0.4 is 10.6 Å². The Hall–Kier alpha value is -0.610. The SMILES string of the molecule is O=C(CNCC1CC1)NCC1(CCO)CCCC1. The molecule has 0 unspecified atom stereocenters. The zero-order chi connectivity index (χ0) is 12.8. The number of amides is 1. The predicted octanol–water partition coefficient (Wildman–Crippen LogP) is 1.04. The van der Waals surface area contributed by atoms with Crippen LogP contribution in [0.5, 0.6) is 0 Å². The highest BCUT2D eigenvalue weighted by Crippen LogP contribution is 2.40. The van der Waals surface area contributed by atoms with E-state index in [1.165, 1.54) is 25.7 Å². The molecule has 0 bridgehead atoms. The van der Waals surface area contributed by atoms with E-state index >= 15 is 0 Å². The van der Waals surface area contributed by atoms with Crippen molar-refractivity contribution in [3.8, 4) is 0 Å². The second-order valence-electron chi connectivity index (χ2n) is 6.03. The molecule has 2 fully saturated rings. The highest BCUT2D eigenvalue weighted by atomic mass is 16.3. The molecule has 2 rings (SSSR count). The van der Waals surface area contributed by atoms with E-state index < -0.39 is 0 Å². The molecule has 0 heterocycles. The van der Waals surface area contributed by atoms with Crippen molar-refractivity contribution < 1.29 is 9.90 Å². The van der Waals surface area contributed by atoms with Crippen LogP contribution in [0.2, 0.25) is 0 Å². The van der Waals surface area contributed by atoms with Gasteiger partial charge in [0.15, 0.2) is 0 Å². The second kappa shape index (κ2) is 6.53. The van der Waals surface area contributed by atoms with Crippen LogP contribution in [0, 0.1) is 11.3 Å². The fourth-order valence-electron chi connectivity index (χ4n) is 2.94. The van der Waals surface area contributed by atoms with E-state index in [1.54, 1.807) is 0 Å². The molecule has 0 aliphatic heterocycles.